The lowest BCUT2D eigenvalue weighted by Crippen LogP contribution is -2.41. The van der Waals surface area contributed by atoms with E-state index in [0.717, 1.165) is 32.2 Å². The molecule has 1 saturated heterocycles. The summed E-state index contributed by atoms with van der Waals surface area (Å²) in [6.07, 6.45) is 10.0. The number of carbonyl (C=O) groups is 1. The molecule has 1 N–H and O–H groups in total. The fraction of sp³-hybridized carbons (Fsp3) is 0.765. The van der Waals surface area contributed by atoms with Crippen LogP contribution in [0, 0.1) is 5.92 Å². The van der Waals surface area contributed by atoms with E-state index in [1.807, 2.05) is 22.7 Å². The zero-order valence-corrected chi connectivity index (χ0v) is 13.9. The molecule has 0 spiro atoms. The average Bonchev–Trinajstić information content (AvgIpc) is 2.97. The summed E-state index contributed by atoms with van der Waals surface area (Å²) >= 11 is 0. The van der Waals surface area contributed by atoms with Crippen molar-refractivity contribution in [3.8, 4) is 0 Å². The minimum Gasteiger partial charge on any atom is -0.385 e. The van der Waals surface area contributed by atoms with Gasteiger partial charge in [-0.2, -0.15) is 0 Å². The minimum atomic E-state index is -0.587. The molecule has 0 saturated carbocycles. The van der Waals surface area contributed by atoms with Gasteiger partial charge in [0.1, 0.15) is 11.9 Å². The number of piperidine rings is 1. The quantitative estimate of drug-likeness (QED) is 0.788. The fourth-order valence-electron chi connectivity index (χ4n) is 3.23. The number of imidazole rings is 1. The van der Waals surface area contributed by atoms with Gasteiger partial charge >= 0.3 is 0 Å². The van der Waals surface area contributed by atoms with Crippen LogP contribution >= 0.6 is 0 Å². The highest BCUT2D eigenvalue weighted by Gasteiger charge is 2.30. The van der Waals surface area contributed by atoms with Gasteiger partial charge in [-0.15, -0.1) is 0 Å². The van der Waals surface area contributed by atoms with E-state index in [1.165, 1.54) is 12.8 Å². The Hall–Kier alpha value is -1.36. The maximum Gasteiger partial charge on any atom is 0.222 e. The first-order chi connectivity index (χ1) is 10.6. The van der Waals surface area contributed by atoms with Gasteiger partial charge in [-0.3, -0.25) is 4.79 Å². The Labute approximate surface area is 133 Å². The second-order valence-electron chi connectivity index (χ2n) is 6.39. The van der Waals surface area contributed by atoms with E-state index >= 15 is 0 Å². The molecule has 0 aromatic carbocycles. The topological polar surface area (TPSA) is 58.4 Å². The summed E-state index contributed by atoms with van der Waals surface area (Å²) < 4.78 is 1.86. The van der Waals surface area contributed by atoms with Crippen molar-refractivity contribution in [2.75, 3.05) is 13.1 Å². The third-order valence-electron chi connectivity index (χ3n) is 4.62. The van der Waals surface area contributed by atoms with Crippen molar-refractivity contribution >= 4 is 5.91 Å². The molecule has 1 aromatic heterocycles. The summed E-state index contributed by atoms with van der Waals surface area (Å²) in [7, 11) is 1.89. The van der Waals surface area contributed by atoms with Crippen LogP contribution in [0.2, 0.25) is 0 Å². The number of aryl methyl sites for hydroxylation is 1. The molecule has 0 bridgehead atoms. The van der Waals surface area contributed by atoms with Gasteiger partial charge in [-0.25, -0.2) is 4.98 Å². The zero-order valence-electron chi connectivity index (χ0n) is 13.9. The molecule has 22 heavy (non-hydrogen) atoms. The molecular formula is C17H29N3O2. The van der Waals surface area contributed by atoms with Crippen molar-refractivity contribution in [3.63, 3.8) is 0 Å². The fourth-order valence-corrected chi connectivity index (χ4v) is 3.23. The first kappa shape index (κ1) is 17.0. The van der Waals surface area contributed by atoms with Crippen molar-refractivity contribution in [3.05, 3.63) is 18.2 Å². The van der Waals surface area contributed by atoms with E-state index in [-0.39, 0.29) is 11.8 Å². The predicted octanol–water partition coefficient (Wildman–Crippen LogP) is 2.66. The summed E-state index contributed by atoms with van der Waals surface area (Å²) in [4.78, 5) is 18.5. The number of aliphatic hydroxyl groups excluding tert-OH is 1. The number of nitrogens with zero attached hydrogens (tertiary/aromatic N) is 3. The minimum absolute atomic E-state index is 0.0921. The highest BCUT2D eigenvalue weighted by molar-refractivity contribution is 5.76. The lowest BCUT2D eigenvalue weighted by Gasteiger charge is -2.35. The van der Waals surface area contributed by atoms with Crippen molar-refractivity contribution in [1.29, 1.82) is 0 Å². The number of likely N-dealkylation sites (tertiary alicyclic amines) is 1. The summed E-state index contributed by atoms with van der Waals surface area (Å²) in [6, 6.07) is 0. The van der Waals surface area contributed by atoms with E-state index in [4.69, 9.17) is 0 Å². The van der Waals surface area contributed by atoms with Crippen molar-refractivity contribution < 1.29 is 9.90 Å². The van der Waals surface area contributed by atoms with Gasteiger partial charge in [0.25, 0.3) is 0 Å². The molecule has 5 nitrogen and oxygen atoms in total. The van der Waals surface area contributed by atoms with Gasteiger partial charge < -0.3 is 14.6 Å². The number of rotatable bonds is 7. The van der Waals surface area contributed by atoms with Gasteiger partial charge in [-0.1, -0.05) is 26.2 Å². The molecule has 1 fully saturated rings. The average molecular weight is 307 g/mol. The van der Waals surface area contributed by atoms with Crippen LogP contribution in [-0.4, -0.2) is 38.6 Å². The van der Waals surface area contributed by atoms with Gasteiger partial charge in [-0.05, 0) is 19.3 Å². The Morgan fingerprint density at radius 3 is 2.95 bits per heavy atom. The Balaban J connectivity index is 1.86. The van der Waals surface area contributed by atoms with Gasteiger partial charge in [0.05, 0.1) is 0 Å². The number of unbranched alkanes of at least 4 members (excludes halogenated alkanes) is 3. The summed E-state index contributed by atoms with van der Waals surface area (Å²) in [5, 5.41) is 10.5. The molecule has 2 rings (SSSR count). The van der Waals surface area contributed by atoms with Crippen LogP contribution in [0.15, 0.2) is 12.4 Å². The Bertz CT molecular complexity index is 472. The molecule has 2 unspecified atom stereocenters. The first-order valence-electron chi connectivity index (χ1n) is 8.56. The highest BCUT2D eigenvalue weighted by atomic mass is 16.3. The maximum absolute atomic E-state index is 12.3. The molecule has 1 amide bonds. The second kappa shape index (κ2) is 8.32. The van der Waals surface area contributed by atoms with Crippen LogP contribution in [0.1, 0.15) is 63.8 Å². The summed E-state index contributed by atoms with van der Waals surface area (Å²) in [6.45, 7) is 3.66. The van der Waals surface area contributed by atoms with Gasteiger partial charge in [0.15, 0.2) is 0 Å². The lowest BCUT2D eigenvalue weighted by molar-refractivity contribution is -0.134. The molecule has 2 atom stereocenters. The molecule has 0 aliphatic carbocycles. The SMILES string of the molecule is CCCCCCC(=O)N1CCCC(C(O)c2nccn2C)C1. The smallest absolute Gasteiger partial charge is 0.222 e. The molecular weight excluding hydrogens is 278 g/mol. The molecule has 0 radical (unpaired) electrons. The molecule has 1 aliphatic rings. The Kier molecular flexibility index (Phi) is 6.43. The highest BCUT2D eigenvalue weighted by Crippen LogP contribution is 2.29. The van der Waals surface area contributed by atoms with Crippen molar-refractivity contribution in [2.24, 2.45) is 13.0 Å². The predicted molar refractivity (Wildman–Crippen MR) is 86.2 cm³/mol. The van der Waals surface area contributed by atoms with Crippen LogP contribution in [0.5, 0.6) is 0 Å². The van der Waals surface area contributed by atoms with Crippen molar-refractivity contribution in [1.82, 2.24) is 14.5 Å². The first-order valence-corrected chi connectivity index (χ1v) is 8.56. The number of hydrogen-bond donors (Lipinski definition) is 1. The third-order valence-corrected chi connectivity index (χ3v) is 4.62. The molecule has 1 aromatic rings. The normalized spacial score (nSPS) is 20.1. The number of carbonyl (C=O) groups excluding carboxylic acids is 1. The summed E-state index contributed by atoms with van der Waals surface area (Å²) in [5.41, 5.74) is 0. The summed E-state index contributed by atoms with van der Waals surface area (Å²) in [5.74, 6) is 1.03. The van der Waals surface area contributed by atoms with E-state index in [9.17, 15) is 9.90 Å². The van der Waals surface area contributed by atoms with Crippen LogP contribution < -0.4 is 0 Å². The van der Waals surface area contributed by atoms with Crippen LogP contribution in [0.3, 0.4) is 0 Å². The van der Waals surface area contributed by atoms with Gasteiger partial charge in [0.2, 0.25) is 5.91 Å². The largest absolute Gasteiger partial charge is 0.385 e. The number of hydrogen-bond acceptors (Lipinski definition) is 3. The molecule has 5 heteroatoms. The zero-order chi connectivity index (χ0) is 15.9. The van der Waals surface area contributed by atoms with Crippen LogP contribution in [0.4, 0.5) is 0 Å². The Morgan fingerprint density at radius 1 is 1.45 bits per heavy atom. The third kappa shape index (κ3) is 4.32. The number of aromatic nitrogens is 2. The number of amides is 1. The monoisotopic (exact) mass is 307 g/mol. The molecule has 2 heterocycles. The van der Waals surface area contributed by atoms with E-state index in [1.54, 1.807) is 6.20 Å². The van der Waals surface area contributed by atoms with Crippen molar-refractivity contribution in [2.45, 2.75) is 58.0 Å². The maximum atomic E-state index is 12.3. The molecule has 1 aliphatic heterocycles. The van der Waals surface area contributed by atoms with E-state index in [0.29, 0.717) is 18.8 Å². The van der Waals surface area contributed by atoms with Gasteiger partial charge in [0, 0.05) is 44.9 Å². The van der Waals surface area contributed by atoms with E-state index in [2.05, 4.69) is 11.9 Å². The second-order valence-corrected chi connectivity index (χ2v) is 6.39. The standard InChI is InChI=1S/C17H29N3O2/c1-3-4-5-6-9-15(21)20-11-7-8-14(13-20)16(22)17-18-10-12-19(17)2/h10,12,14,16,22H,3-9,11,13H2,1-2H3. The van der Waals surface area contributed by atoms with Crippen LogP contribution in [-0.2, 0) is 11.8 Å². The Morgan fingerprint density at radius 2 is 2.27 bits per heavy atom. The van der Waals surface area contributed by atoms with Crippen LogP contribution in [0.25, 0.3) is 0 Å². The van der Waals surface area contributed by atoms with E-state index < -0.39 is 6.10 Å². The lowest BCUT2D eigenvalue weighted by atomic mass is 9.91. The molecule has 124 valence electrons. The number of aliphatic hydroxyl groups is 1.